The number of para-hydroxylation sites is 3. The van der Waals surface area contributed by atoms with Crippen molar-refractivity contribution in [3.05, 3.63) is 90.5 Å². The summed E-state index contributed by atoms with van der Waals surface area (Å²) < 4.78 is 5.90. The molecule has 0 bridgehead atoms. The van der Waals surface area contributed by atoms with Gasteiger partial charge in [0, 0.05) is 18.7 Å². The molecule has 6 nitrogen and oxygen atoms in total. The minimum absolute atomic E-state index is 0.0482. The number of hydrogen-bond acceptors (Lipinski definition) is 4. The Morgan fingerprint density at radius 1 is 0.933 bits per heavy atom. The molecule has 3 aromatic rings. The van der Waals surface area contributed by atoms with E-state index in [1.54, 1.807) is 4.90 Å². The Bertz CT molecular complexity index is 1010. The zero-order valence-corrected chi connectivity index (χ0v) is 16.5. The van der Waals surface area contributed by atoms with Gasteiger partial charge in [-0.25, -0.2) is 0 Å². The zero-order chi connectivity index (χ0) is 20.8. The maximum Gasteiger partial charge on any atom is 0.243 e. The van der Waals surface area contributed by atoms with E-state index in [9.17, 15) is 9.59 Å². The summed E-state index contributed by atoms with van der Waals surface area (Å²) in [6, 6.07) is 26.7. The van der Waals surface area contributed by atoms with Crippen molar-refractivity contribution in [1.29, 1.82) is 0 Å². The SMILES string of the molecule is O=C(NNc1ccccc1OCc1ccccc1)[C@H]1CC(=O)N(c2ccccc2)C1. The second kappa shape index (κ2) is 9.13. The molecule has 1 atom stereocenters. The van der Waals surface area contributed by atoms with Gasteiger partial charge in [0.1, 0.15) is 12.4 Å². The maximum atomic E-state index is 12.6. The minimum Gasteiger partial charge on any atom is -0.487 e. The van der Waals surface area contributed by atoms with Gasteiger partial charge in [-0.05, 0) is 29.8 Å². The first kappa shape index (κ1) is 19.5. The molecule has 1 aliphatic rings. The van der Waals surface area contributed by atoms with Crippen LogP contribution in [0.2, 0.25) is 0 Å². The highest BCUT2D eigenvalue weighted by Crippen LogP contribution is 2.26. The average molecular weight is 401 g/mol. The lowest BCUT2D eigenvalue weighted by atomic mass is 10.1. The number of hydrazine groups is 1. The first-order valence-electron chi connectivity index (χ1n) is 9.88. The Labute approximate surface area is 175 Å². The van der Waals surface area contributed by atoms with Crippen LogP contribution >= 0.6 is 0 Å². The van der Waals surface area contributed by atoms with Crippen LogP contribution in [-0.2, 0) is 16.2 Å². The van der Waals surface area contributed by atoms with Crippen molar-refractivity contribution >= 4 is 23.2 Å². The molecule has 1 fully saturated rings. The number of benzene rings is 3. The molecule has 2 amide bonds. The quantitative estimate of drug-likeness (QED) is 0.592. The van der Waals surface area contributed by atoms with Crippen LogP contribution < -0.4 is 20.5 Å². The number of carbonyl (C=O) groups excluding carboxylic acids is 2. The summed E-state index contributed by atoms with van der Waals surface area (Å²) in [5.41, 5.74) is 8.19. The topological polar surface area (TPSA) is 70.7 Å². The van der Waals surface area contributed by atoms with E-state index in [4.69, 9.17) is 4.74 Å². The van der Waals surface area contributed by atoms with Crippen molar-refractivity contribution < 1.29 is 14.3 Å². The monoisotopic (exact) mass is 401 g/mol. The van der Waals surface area contributed by atoms with Gasteiger partial charge in [-0.1, -0.05) is 60.7 Å². The van der Waals surface area contributed by atoms with Gasteiger partial charge in [-0.15, -0.1) is 0 Å². The normalized spacial score (nSPS) is 15.7. The van der Waals surface area contributed by atoms with Crippen molar-refractivity contribution in [3.8, 4) is 5.75 Å². The number of amides is 2. The van der Waals surface area contributed by atoms with Gasteiger partial charge in [0.05, 0.1) is 11.6 Å². The molecule has 2 N–H and O–H groups in total. The number of ether oxygens (including phenoxy) is 1. The van der Waals surface area contributed by atoms with Gasteiger partial charge in [0.25, 0.3) is 0 Å². The minimum atomic E-state index is -0.414. The molecule has 30 heavy (non-hydrogen) atoms. The molecular weight excluding hydrogens is 378 g/mol. The summed E-state index contributed by atoms with van der Waals surface area (Å²) in [5, 5.41) is 0. The second-order valence-electron chi connectivity index (χ2n) is 7.13. The molecule has 3 aromatic carbocycles. The van der Waals surface area contributed by atoms with Crippen LogP contribution in [0.25, 0.3) is 0 Å². The van der Waals surface area contributed by atoms with Crippen LogP contribution in [0, 0.1) is 5.92 Å². The molecule has 152 valence electrons. The molecule has 1 aliphatic heterocycles. The fourth-order valence-electron chi connectivity index (χ4n) is 3.40. The predicted octanol–water partition coefficient (Wildman–Crippen LogP) is 3.76. The molecule has 1 saturated heterocycles. The standard InChI is InChI=1S/C24H23N3O3/c28-23-15-19(16-27(23)20-11-5-2-6-12-20)24(29)26-25-21-13-7-8-14-22(21)30-17-18-9-3-1-4-10-18/h1-14,19,25H,15-17H2,(H,26,29)/t19-/m0/s1. The van der Waals surface area contributed by atoms with Crippen LogP contribution in [0.5, 0.6) is 5.75 Å². The number of carbonyl (C=O) groups is 2. The third-order valence-corrected chi connectivity index (χ3v) is 5.01. The molecule has 0 saturated carbocycles. The predicted molar refractivity (Wildman–Crippen MR) is 116 cm³/mol. The number of nitrogens with zero attached hydrogens (tertiary/aromatic N) is 1. The van der Waals surface area contributed by atoms with E-state index in [-0.39, 0.29) is 18.2 Å². The third-order valence-electron chi connectivity index (χ3n) is 5.01. The summed E-state index contributed by atoms with van der Waals surface area (Å²) in [6.07, 6.45) is 0.189. The van der Waals surface area contributed by atoms with Crippen LogP contribution in [-0.4, -0.2) is 18.4 Å². The van der Waals surface area contributed by atoms with Crippen molar-refractivity contribution in [1.82, 2.24) is 5.43 Å². The molecule has 4 rings (SSSR count). The Morgan fingerprint density at radius 2 is 1.60 bits per heavy atom. The van der Waals surface area contributed by atoms with E-state index < -0.39 is 5.92 Å². The number of rotatable bonds is 7. The molecule has 0 spiro atoms. The number of hydrogen-bond donors (Lipinski definition) is 2. The van der Waals surface area contributed by atoms with Crippen LogP contribution in [0.15, 0.2) is 84.9 Å². The summed E-state index contributed by atoms with van der Waals surface area (Å²) >= 11 is 0. The first-order chi connectivity index (χ1) is 14.7. The second-order valence-corrected chi connectivity index (χ2v) is 7.13. The van der Waals surface area contributed by atoms with Crippen LogP contribution in [0.1, 0.15) is 12.0 Å². The lowest BCUT2D eigenvalue weighted by Gasteiger charge is -2.17. The summed E-state index contributed by atoms with van der Waals surface area (Å²) in [6.45, 7) is 0.791. The zero-order valence-electron chi connectivity index (χ0n) is 16.5. The summed E-state index contributed by atoms with van der Waals surface area (Å²) in [5.74, 6) is -0.0507. The Kier molecular flexibility index (Phi) is 5.94. The van der Waals surface area contributed by atoms with E-state index >= 15 is 0 Å². The molecule has 0 unspecified atom stereocenters. The highest BCUT2D eigenvalue weighted by Gasteiger charge is 2.35. The third kappa shape index (κ3) is 4.60. The summed E-state index contributed by atoms with van der Waals surface area (Å²) in [7, 11) is 0. The molecule has 1 heterocycles. The largest absolute Gasteiger partial charge is 0.487 e. The smallest absolute Gasteiger partial charge is 0.243 e. The van der Waals surface area contributed by atoms with Crippen LogP contribution in [0.3, 0.4) is 0 Å². The Hall–Kier alpha value is -3.80. The highest BCUT2D eigenvalue weighted by atomic mass is 16.5. The van der Waals surface area contributed by atoms with Crippen LogP contribution in [0.4, 0.5) is 11.4 Å². The molecule has 0 aliphatic carbocycles. The van der Waals surface area contributed by atoms with E-state index in [2.05, 4.69) is 10.9 Å². The number of anilines is 2. The van der Waals surface area contributed by atoms with E-state index in [1.807, 2.05) is 84.9 Å². The van der Waals surface area contributed by atoms with Gasteiger partial charge < -0.3 is 9.64 Å². The lowest BCUT2D eigenvalue weighted by molar-refractivity contribution is -0.125. The molecule has 0 radical (unpaired) electrons. The highest BCUT2D eigenvalue weighted by molar-refractivity contribution is 6.00. The van der Waals surface area contributed by atoms with Crippen molar-refractivity contribution in [3.63, 3.8) is 0 Å². The van der Waals surface area contributed by atoms with Gasteiger partial charge in [0.15, 0.2) is 0 Å². The van der Waals surface area contributed by atoms with Gasteiger partial charge in [0.2, 0.25) is 11.8 Å². The lowest BCUT2D eigenvalue weighted by Crippen LogP contribution is -2.36. The molecule has 6 heteroatoms. The first-order valence-corrected chi connectivity index (χ1v) is 9.88. The Balaban J connectivity index is 1.35. The summed E-state index contributed by atoms with van der Waals surface area (Å²) in [4.78, 5) is 26.6. The van der Waals surface area contributed by atoms with Crippen molar-refractivity contribution in [2.45, 2.75) is 13.0 Å². The fraction of sp³-hybridized carbons (Fsp3) is 0.167. The molecular formula is C24H23N3O3. The van der Waals surface area contributed by atoms with E-state index in [1.165, 1.54) is 0 Å². The van der Waals surface area contributed by atoms with Crippen molar-refractivity contribution in [2.24, 2.45) is 5.92 Å². The molecule has 0 aromatic heterocycles. The average Bonchev–Trinajstić information content (AvgIpc) is 3.19. The van der Waals surface area contributed by atoms with Gasteiger partial charge in [-0.3, -0.25) is 20.4 Å². The van der Waals surface area contributed by atoms with Gasteiger partial charge in [-0.2, -0.15) is 0 Å². The van der Waals surface area contributed by atoms with E-state index in [0.29, 0.717) is 24.6 Å². The van der Waals surface area contributed by atoms with E-state index in [0.717, 1.165) is 11.3 Å². The number of nitrogens with one attached hydrogen (secondary N) is 2. The maximum absolute atomic E-state index is 12.6. The fourth-order valence-corrected chi connectivity index (χ4v) is 3.40. The Morgan fingerprint density at radius 3 is 2.37 bits per heavy atom. The van der Waals surface area contributed by atoms with Crippen molar-refractivity contribution in [2.75, 3.05) is 16.9 Å². The van der Waals surface area contributed by atoms with Gasteiger partial charge >= 0.3 is 0 Å².